The van der Waals surface area contributed by atoms with Gasteiger partial charge in [0.2, 0.25) is 5.91 Å². The SMILES string of the molecule is COc1ccc(S(=O)(=O)N(CC(=O)NCC2CCCO2)c2cc(Cl)ccc2OC)cc1OC. The molecule has 1 N–H and O–H groups in total. The molecule has 1 unspecified atom stereocenters. The van der Waals surface area contributed by atoms with E-state index in [0.29, 0.717) is 18.9 Å². The molecule has 1 heterocycles. The molecule has 11 heteroatoms. The van der Waals surface area contributed by atoms with Gasteiger partial charge in [0.05, 0.1) is 38.0 Å². The molecule has 3 rings (SSSR count). The van der Waals surface area contributed by atoms with Gasteiger partial charge in [0.25, 0.3) is 10.0 Å². The lowest BCUT2D eigenvalue weighted by Crippen LogP contribution is -2.43. The van der Waals surface area contributed by atoms with E-state index in [4.69, 9.17) is 30.5 Å². The van der Waals surface area contributed by atoms with Gasteiger partial charge >= 0.3 is 0 Å². The second-order valence-corrected chi connectivity index (χ2v) is 9.58. The van der Waals surface area contributed by atoms with Crippen LogP contribution in [0.15, 0.2) is 41.3 Å². The van der Waals surface area contributed by atoms with E-state index in [1.807, 2.05) is 0 Å². The molecule has 0 bridgehead atoms. The van der Waals surface area contributed by atoms with Gasteiger partial charge in [-0.1, -0.05) is 11.6 Å². The normalized spacial score (nSPS) is 15.7. The molecule has 1 fully saturated rings. The van der Waals surface area contributed by atoms with Crippen LogP contribution in [0.1, 0.15) is 12.8 Å². The number of carbonyl (C=O) groups is 1. The molecule has 1 aliphatic heterocycles. The van der Waals surface area contributed by atoms with Gasteiger partial charge in [0.1, 0.15) is 12.3 Å². The highest BCUT2D eigenvalue weighted by Crippen LogP contribution is 2.36. The number of halogens is 1. The summed E-state index contributed by atoms with van der Waals surface area (Å²) < 4.78 is 49.7. The van der Waals surface area contributed by atoms with Crippen LogP contribution in [0.3, 0.4) is 0 Å². The second-order valence-electron chi connectivity index (χ2n) is 7.28. The Morgan fingerprint density at radius 2 is 1.79 bits per heavy atom. The van der Waals surface area contributed by atoms with Crippen molar-refractivity contribution >= 4 is 33.2 Å². The standard InChI is InChI=1S/C22H27ClN2O7S/c1-29-19-8-6-15(23)11-18(19)25(14-22(26)24-13-16-5-4-10-32-16)33(27,28)17-7-9-20(30-2)21(12-17)31-3/h6-9,11-12,16H,4-5,10,13-14H2,1-3H3,(H,24,26). The lowest BCUT2D eigenvalue weighted by molar-refractivity contribution is -0.120. The molecule has 9 nitrogen and oxygen atoms in total. The maximum absolute atomic E-state index is 13.7. The molecular weight excluding hydrogens is 472 g/mol. The third-order valence-electron chi connectivity index (χ3n) is 5.19. The topological polar surface area (TPSA) is 103 Å². The van der Waals surface area contributed by atoms with E-state index in [-0.39, 0.29) is 33.2 Å². The van der Waals surface area contributed by atoms with Crippen LogP contribution in [0.25, 0.3) is 0 Å². The minimum absolute atomic E-state index is 0.0782. The van der Waals surface area contributed by atoms with Crippen molar-refractivity contribution in [1.82, 2.24) is 5.32 Å². The number of ether oxygens (including phenoxy) is 4. The fraction of sp³-hybridized carbons (Fsp3) is 0.409. The smallest absolute Gasteiger partial charge is 0.265 e. The Balaban J connectivity index is 1.99. The van der Waals surface area contributed by atoms with Crippen molar-refractivity contribution in [1.29, 1.82) is 0 Å². The van der Waals surface area contributed by atoms with E-state index in [1.54, 1.807) is 12.1 Å². The van der Waals surface area contributed by atoms with E-state index in [0.717, 1.165) is 17.1 Å². The zero-order chi connectivity index (χ0) is 24.0. The van der Waals surface area contributed by atoms with Gasteiger partial charge in [-0.2, -0.15) is 0 Å². The van der Waals surface area contributed by atoms with E-state index in [2.05, 4.69) is 5.32 Å². The largest absolute Gasteiger partial charge is 0.495 e. The summed E-state index contributed by atoms with van der Waals surface area (Å²) in [6, 6.07) is 8.75. The zero-order valence-electron chi connectivity index (χ0n) is 18.7. The van der Waals surface area contributed by atoms with E-state index >= 15 is 0 Å². The second kappa shape index (κ2) is 11.0. The number of hydrogen-bond acceptors (Lipinski definition) is 7. The third-order valence-corrected chi connectivity index (χ3v) is 7.18. The van der Waals surface area contributed by atoms with Crippen LogP contribution in [0.4, 0.5) is 5.69 Å². The van der Waals surface area contributed by atoms with Crippen LogP contribution in [-0.4, -0.2) is 61.5 Å². The molecular formula is C22H27ClN2O7S. The van der Waals surface area contributed by atoms with Gasteiger partial charge in [0.15, 0.2) is 11.5 Å². The minimum Gasteiger partial charge on any atom is -0.495 e. The predicted molar refractivity (Wildman–Crippen MR) is 124 cm³/mol. The first-order valence-electron chi connectivity index (χ1n) is 10.3. The van der Waals surface area contributed by atoms with Crippen molar-refractivity contribution in [2.45, 2.75) is 23.8 Å². The molecule has 1 aliphatic rings. The van der Waals surface area contributed by atoms with Crippen molar-refractivity contribution in [3.8, 4) is 17.2 Å². The van der Waals surface area contributed by atoms with Crippen LogP contribution in [0.2, 0.25) is 5.02 Å². The number of carbonyl (C=O) groups excluding carboxylic acids is 1. The number of nitrogens with one attached hydrogen (secondary N) is 1. The summed E-state index contributed by atoms with van der Waals surface area (Å²) in [5, 5.41) is 3.04. The summed E-state index contributed by atoms with van der Waals surface area (Å²) in [5.41, 5.74) is 0.132. The first kappa shape index (κ1) is 24.9. The fourth-order valence-electron chi connectivity index (χ4n) is 3.48. The number of nitrogens with zero attached hydrogens (tertiary/aromatic N) is 1. The van der Waals surface area contributed by atoms with Crippen LogP contribution in [0, 0.1) is 0 Å². The number of sulfonamides is 1. The van der Waals surface area contributed by atoms with Crippen LogP contribution < -0.4 is 23.8 Å². The summed E-state index contributed by atoms with van der Waals surface area (Å²) in [6.07, 6.45) is 1.70. The van der Waals surface area contributed by atoms with Gasteiger partial charge in [-0.3, -0.25) is 9.10 Å². The fourth-order valence-corrected chi connectivity index (χ4v) is 5.09. The average Bonchev–Trinajstić information content (AvgIpc) is 3.34. The predicted octanol–water partition coefficient (Wildman–Crippen LogP) is 2.86. The van der Waals surface area contributed by atoms with Crippen LogP contribution >= 0.6 is 11.6 Å². The first-order valence-corrected chi connectivity index (χ1v) is 12.1. The molecule has 180 valence electrons. The molecule has 33 heavy (non-hydrogen) atoms. The molecule has 0 spiro atoms. The van der Waals surface area contributed by atoms with Gasteiger partial charge in [-0.05, 0) is 43.2 Å². The molecule has 1 saturated heterocycles. The molecule has 1 atom stereocenters. The summed E-state index contributed by atoms with van der Waals surface area (Å²) in [6.45, 7) is 0.468. The van der Waals surface area contributed by atoms with E-state index in [9.17, 15) is 13.2 Å². The number of hydrogen-bond donors (Lipinski definition) is 1. The summed E-state index contributed by atoms with van der Waals surface area (Å²) in [7, 11) is 0.0410. The zero-order valence-corrected chi connectivity index (χ0v) is 20.2. The van der Waals surface area contributed by atoms with Crippen molar-refractivity contribution in [3.05, 3.63) is 41.4 Å². The first-order chi connectivity index (χ1) is 15.8. The average molecular weight is 499 g/mol. The monoisotopic (exact) mass is 498 g/mol. The van der Waals surface area contributed by atoms with Crippen molar-refractivity contribution < 1.29 is 32.2 Å². The minimum atomic E-state index is -4.23. The van der Waals surface area contributed by atoms with Crippen molar-refractivity contribution in [2.24, 2.45) is 0 Å². The Morgan fingerprint density at radius 1 is 1.09 bits per heavy atom. The molecule has 0 aliphatic carbocycles. The van der Waals surface area contributed by atoms with Gasteiger partial charge in [-0.15, -0.1) is 0 Å². The van der Waals surface area contributed by atoms with Gasteiger partial charge < -0.3 is 24.3 Å². The molecule has 2 aromatic rings. The molecule has 2 aromatic carbocycles. The maximum atomic E-state index is 13.7. The summed E-state index contributed by atoms with van der Waals surface area (Å²) in [5.74, 6) is 0.365. The highest BCUT2D eigenvalue weighted by atomic mass is 35.5. The Hall–Kier alpha value is -2.69. The number of benzene rings is 2. The number of rotatable bonds is 10. The van der Waals surface area contributed by atoms with Crippen molar-refractivity contribution in [3.63, 3.8) is 0 Å². The van der Waals surface area contributed by atoms with Gasteiger partial charge in [-0.25, -0.2) is 8.42 Å². The maximum Gasteiger partial charge on any atom is 0.265 e. The third kappa shape index (κ3) is 5.82. The Kier molecular flexibility index (Phi) is 8.28. The van der Waals surface area contributed by atoms with Crippen LogP contribution in [0.5, 0.6) is 17.2 Å². The van der Waals surface area contributed by atoms with E-state index < -0.39 is 22.5 Å². The Labute approximate surface area is 198 Å². The highest BCUT2D eigenvalue weighted by molar-refractivity contribution is 7.92. The number of anilines is 1. The highest BCUT2D eigenvalue weighted by Gasteiger charge is 2.31. The van der Waals surface area contributed by atoms with Crippen LogP contribution in [-0.2, 0) is 19.6 Å². The lowest BCUT2D eigenvalue weighted by Gasteiger charge is -2.26. The summed E-state index contributed by atoms with van der Waals surface area (Å²) in [4.78, 5) is 12.7. The molecule has 0 aromatic heterocycles. The van der Waals surface area contributed by atoms with Gasteiger partial charge in [0, 0.05) is 24.2 Å². The molecule has 1 amide bonds. The molecule has 0 radical (unpaired) electrons. The quantitative estimate of drug-likeness (QED) is 0.537. The number of methoxy groups -OCH3 is 3. The summed E-state index contributed by atoms with van der Waals surface area (Å²) >= 11 is 6.15. The Bertz CT molecular complexity index is 1090. The lowest BCUT2D eigenvalue weighted by atomic mass is 10.2. The number of amides is 1. The van der Waals surface area contributed by atoms with Crippen molar-refractivity contribution in [2.75, 3.05) is 45.3 Å². The molecule has 0 saturated carbocycles. The Morgan fingerprint density at radius 3 is 2.42 bits per heavy atom. The van der Waals surface area contributed by atoms with E-state index in [1.165, 1.54) is 45.6 Å².